The van der Waals surface area contributed by atoms with Crippen LogP contribution in [0.5, 0.6) is 0 Å². The second-order valence-corrected chi connectivity index (χ2v) is 7.44. The van der Waals surface area contributed by atoms with Crippen molar-refractivity contribution in [1.82, 2.24) is 10.7 Å². The Kier molecular flexibility index (Phi) is 5.67. The summed E-state index contributed by atoms with van der Waals surface area (Å²) < 4.78 is 120. The predicted molar refractivity (Wildman–Crippen MR) is 97.5 cm³/mol. The van der Waals surface area contributed by atoms with E-state index in [9.17, 15) is 39.5 Å². The summed E-state index contributed by atoms with van der Waals surface area (Å²) in [4.78, 5) is 3.33. The topological polar surface area (TPSA) is 63.5 Å². The Hall–Kier alpha value is -2.19. The van der Waals surface area contributed by atoms with E-state index in [0.29, 0.717) is 17.1 Å². The van der Waals surface area contributed by atoms with Crippen LogP contribution in [0.3, 0.4) is 0 Å². The molecule has 1 saturated heterocycles. The molecule has 1 aromatic rings. The smallest absolute Gasteiger partial charge is 0.332 e. The largest absolute Gasteiger partial charge is 0.449 e. The van der Waals surface area contributed by atoms with Gasteiger partial charge in [0.25, 0.3) is 0 Å². The van der Waals surface area contributed by atoms with Crippen LogP contribution in [0.4, 0.5) is 45.2 Å². The van der Waals surface area contributed by atoms with E-state index in [4.69, 9.17) is 28.6 Å². The molecule has 16 heteroatoms. The SMILES string of the molecule is CCC12N=C(C(F)(F)F)NC(C(F)(F)F)=C1C(=N)N(c1c(Cl)cc(C(F)(F)F)cc1Cl)N2. The summed E-state index contributed by atoms with van der Waals surface area (Å²) in [7, 11) is 0. The number of rotatable bonds is 2. The number of alkyl halides is 9. The quantitative estimate of drug-likeness (QED) is 0.438. The zero-order valence-corrected chi connectivity index (χ0v) is 16.9. The number of nitrogens with one attached hydrogen (secondary N) is 3. The average Bonchev–Trinajstić information content (AvgIpc) is 2.91. The molecule has 1 fully saturated rings. The van der Waals surface area contributed by atoms with Crippen molar-refractivity contribution in [3.05, 3.63) is 39.0 Å². The van der Waals surface area contributed by atoms with E-state index >= 15 is 0 Å². The first-order valence-electron chi connectivity index (χ1n) is 8.41. The van der Waals surface area contributed by atoms with Gasteiger partial charge in [-0.25, -0.2) is 4.99 Å². The van der Waals surface area contributed by atoms with Crippen LogP contribution in [0, 0.1) is 5.41 Å². The van der Waals surface area contributed by atoms with Crippen molar-refractivity contribution in [1.29, 1.82) is 5.41 Å². The number of fused-ring (bicyclic) bond motifs is 1. The van der Waals surface area contributed by atoms with Crippen molar-refractivity contribution in [2.75, 3.05) is 5.01 Å². The van der Waals surface area contributed by atoms with Crippen molar-refractivity contribution >= 4 is 40.6 Å². The molecule has 0 bridgehead atoms. The Labute approximate surface area is 183 Å². The van der Waals surface area contributed by atoms with Gasteiger partial charge < -0.3 is 5.32 Å². The minimum absolute atomic E-state index is 0.417. The lowest BCUT2D eigenvalue weighted by molar-refractivity contribution is -0.137. The van der Waals surface area contributed by atoms with E-state index in [0.717, 1.165) is 0 Å². The number of halogens is 11. The Bertz CT molecular complexity index is 1020. The first-order valence-corrected chi connectivity index (χ1v) is 9.17. The van der Waals surface area contributed by atoms with Crippen LogP contribution in [0.15, 0.2) is 28.4 Å². The van der Waals surface area contributed by atoms with Crippen molar-refractivity contribution in [3.8, 4) is 0 Å². The molecule has 32 heavy (non-hydrogen) atoms. The van der Waals surface area contributed by atoms with Gasteiger partial charge in [0.05, 0.1) is 26.9 Å². The Morgan fingerprint density at radius 3 is 1.91 bits per heavy atom. The lowest BCUT2D eigenvalue weighted by atomic mass is 9.94. The number of aliphatic imine (C=N–C) groups is 1. The monoisotopic (exact) mass is 513 g/mol. The second-order valence-electron chi connectivity index (χ2n) is 6.63. The molecule has 5 nitrogen and oxygen atoms in total. The highest BCUT2D eigenvalue weighted by Crippen LogP contribution is 2.46. The molecule has 1 aromatic carbocycles. The molecule has 1 unspecified atom stereocenters. The van der Waals surface area contributed by atoms with Gasteiger partial charge in [-0.15, -0.1) is 0 Å². The normalized spacial score (nSPS) is 22.2. The summed E-state index contributed by atoms with van der Waals surface area (Å²) >= 11 is 11.7. The molecule has 3 N–H and O–H groups in total. The predicted octanol–water partition coefficient (Wildman–Crippen LogP) is 5.80. The minimum atomic E-state index is -5.36. The van der Waals surface area contributed by atoms with Gasteiger partial charge in [0.2, 0.25) is 5.84 Å². The molecule has 0 aromatic heterocycles. The molecular weight excluding hydrogens is 504 g/mol. The maximum absolute atomic E-state index is 13.6. The Balaban J connectivity index is 2.24. The first kappa shape index (κ1) is 24.5. The van der Waals surface area contributed by atoms with Crippen molar-refractivity contribution in [2.45, 2.75) is 37.5 Å². The summed E-state index contributed by atoms with van der Waals surface area (Å²) in [5.41, 5.74) is -4.94. The lowest BCUT2D eigenvalue weighted by Gasteiger charge is -2.33. The summed E-state index contributed by atoms with van der Waals surface area (Å²) in [6.07, 6.45) is -16.0. The standard InChI is InChI=1S/C16H10Cl2F9N5/c1-2-13-8(10(15(22,23)24)29-12(30-13)16(25,26)27)11(28)32(31-13)9-6(17)3-5(4-7(9)18)14(19,20)21/h3-4,28,31H,2H2,1H3,(H,29,30). The number of amidine groups is 2. The number of allylic oxidation sites excluding steroid dienone is 1. The van der Waals surface area contributed by atoms with Gasteiger partial charge in [-0.2, -0.15) is 44.9 Å². The second kappa shape index (κ2) is 7.42. The number of nitrogens with zero attached hydrogens (tertiary/aromatic N) is 2. The third-order valence-corrected chi connectivity index (χ3v) is 5.17. The molecule has 2 aliphatic rings. The summed E-state index contributed by atoms with van der Waals surface area (Å²) in [5, 5.41) is 8.40. The summed E-state index contributed by atoms with van der Waals surface area (Å²) in [6.45, 7) is 1.20. The van der Waals surface area contributed by atoms with Gasteiger partial charge in [0.1, 0.15) is 11.5 Å². The highest BCUT2D eigenvalue weighted by molar-refractivity contribution is 6.40. The minimum Gasteiger partial charge on any atom is -0.332 e. The van der Waals surface area contributed by atoms with Crippen LogP contribution in [-0.4, -0.2) is 29.7 Å². The third kappa shape index (κ3) is 3.99. The number of hydrogen-bond donors (Lipinski definition) is 3. The molecule has 2 aliphatic heterocycles. The number of hydrazine groups is 1. The van der Waals surface area contributed by atoms with E-state index in [1.54, 1.807) is 0 Å². The van der Waals surface area contributed by atoms with Gasteiger partial charge in [-0.1, -0.05) is 30.1 Å². The van der Waals surface area contributed by atoms with E-state index in [-0.39, 0.29) is 0 Å². The van der Waals surface area contributed by atoms with E-state index < -0.39 is 74.9 Å². The maximum Gasteiger partial charge on any atom is 0.449 e. The van der Waals surface area contributed by atoms with E-state index in [1.807, 2.05) is 0 Å². The van der Waals surface area contributed by atoms with Crippen molar-refractivity contribution < 1.29 is 39.5 Å². The lowest BCUT2D eigenvalue weighted by Crippen LogP contribution is -2.53. The van der Waals surface area contributed by atoms with Gasteiger partial charge in [0, 0.05) is 0 Å². The fourth-order valence-electron chi connectivity index (χ4n) is 3.20. The summed E-state index contributed by atoms with van der Waals surface area (Å²) in [5.74, 6) is -3.03. The Morgan fingerprint density at radius 1 is 0.969 bits per heavy atom. The highest BCUT2D eigenvalue weighted by Gasteiger charge is 2.57. The Morgan fingerprint density at radius 2 is 1.50 bits per heavy atom. The zero-order chi connectivity index (χ0) is 24.4. The first-order chi connectivity index (χ1) is 14.4. The van der Waals surface area contributed by atoms with Crippen molar-refractivity contribution in [2.24, 2.45) is 4.99 Å². The molecule has 1 atom stereocenters. The van der Waals surface area contributed by atoms with Crippen LogP contribution in [0.25, 0.3) is 0 Å². The van der Waals surface area contributed by atoms with E-state index in [2.05, 4.69) is 10.4 Å². The number of hydrogen-bond acceptors (Lipinski definition) is 4. The van der Waals surface area contributed by atoms with Crippen LogP contribution in [0.2, 0.25) is 10.0 Å². The zero-order valence-electron chi connectivity index (χ0n) is 15.4. The van der Waals surface area contributed by atoms with Gasteiger partial charge in [0.15, 0.2) is 5.66 Å². The molecule has 0 radical (unpaired) electrons. The molecule has 0 amide bonds. The van der Waals surface area contributed by atoms with Crippen LogP contribution in [0.1, 0.15) is 18.9 Å². The van der Waals surface area contributed by atoms with Crippen LogP contribution >= 0.6 is 23.2 Å². The molecule has 0 saturated carbocycles. The fraction of sp³-hybridized carbons (Fsp3) is 0.375. The van der Waals surface area contributed by atoms with Gasteiger partial charge in [-0.05, 0) is 18.6 Å². The van der Waals surface area contributed by atoms with E-state index in [1.165, 1.54) is 12.2 Å². The molecule has 3 rings (SSSR count). The molecule has 2 heterocycles. The number of benzene rings is 1. The highest BCUT2D eigenvalue weighted by atomic mass is 35.5. The molecule has 0 spiro atoms. The van der Waals surface area contributed by atoms with Crippen LogP contribution < -0.4 is 15.8 Å². The third-order valence-electron chi connectivity index (χ3n) is 4.60. The fourth-order valence-corrected chi connectivity index (χ4v) is 3.86. The summed E-state index contributed by atoms with van der Waals surface area (Å²) in [6, 6.07) is 0.833. The maximum atomic E-state index is 13.6. The van der Waals surface area contributed by atoms with Gasteiger partial charge in [-0.3, -0.25) is 10.4 Å². The molecule has 0 aliphatic carbocycles. The van der Waals surface area contributed by atoms with Crippen LogP contribution in [-0.2, 0) is 6.18 Å². The molecular formula is C16H10Cl2F9N5. The van der Waals surface area contributed by atoms with Crippen molar-refractivity contribution in [3.63, 3.8) is 0 Å². The van der Waals surface area contributed by atoms with Gasteiger partial charge >= 0.3 is 18.5 Å². The molecule has 176 valence electrons. The number of anilines is 1. The average molecular weight is 514 g/mol.